The summed E-state index contributed by atoms with van der Waals surface area (Å²) in [5.41, 5.74) is 2.70. The van der Waals surface area contributed by atoms with Gasteiger partial charge in [-0.25, -0.2) is 13.1 Å². The first-order valence-corrected chi connectivity index (χ1v) is 10.6. The lowest BCUT2D eigenvalue weighted by molar-refractivity contribution is -0.946. The van der Waals surface area contributed by atoms with Gasteiger partial charge in [-0.1, -0.05) is 42.5 Å². The smallest absolute Gasteiger partial charge is 0.240 e. The maximum Gasteiger partial charge on any atom is 0.240 e. The molecule has 0 bridgehead atoms. The van der Waals surface area contributed by atoms with Gasteiger partial charge in [0.25, 0.3) is 0 Å². The fraction of sp³-hybridized carbons (Fsp3) is 0.238. The van der Waals surface area contributed by atoms with Gasteiger partial charge in [-0.3, -0.25) is 0 Å². The second kappa shape index (κ2) is 7.68. The van der Waals surface area contributed by atoms with Crippen LogP contribution in [-0.2, 0) is 23.0 Å². The molecule has 1 unspecified atom stereocenters. The van der Waals surface area contributed by atoms with Crippen LogP contribution in [0.5, 0.6) is 0 Å². The number of rotatable bonds is 6. The average Bonchev–Trinajstić information content (AvgIpc) is 3.23. The third-order valence-electron chi connectivity index (χ3n) is 5.16. The van der Waals surface area contributed by atoms with Gasteiger partial charge >= 0.3 is 0 Å². The lowest BCUT2D eigenvalue weighted by Crippen LogP contribution is -3.12. The molecule has 0 aliphatic carbocycles. The Morgan fingerprint density at radius 3 is 2.44 bits per heavy atom. The van der Waals surface area contributed by atoms with E-state index in [1.165, 1.54) is 16.0 Å². The van der Waals surface area contributed by atoms with E-state index >= 15 is 0 Å². The topological polar surface area (TPSA) is 63.8 Å². The molecule has 5 nitrogen and oxygen atoms in total. The van der Waals surface area contributed by atoms with Crippen molar-refractivity contribution in [1.82, 2.24) is 4.72 Å². The predicted octanol–water partition coefficient (Wildman–Crippen LogP) is 1.94. The fourth-order valence-corrected chi connectivity index (χ4v) is 4.78. The van der Waals surface area contributed by atoms with E-state index in [0.717, 1.165) is 25.3 Å². The summed E-state index contributed by atoms with van der Waals surface area (Å²) in [6, 6.07) is 20.6. The van der Waals surface area contributed by atoms with Crippen molar-refractivity contribution in [3.8, 4) is 0 Å². The van der Waals surface area contributed by atoms with Crippen molar-refractivity contribution in [2.75, 3.05) is 13.1 Å². The molecule has 2 atom stereocenters. The molecular formula is C21H23N2O3S+. The molecule has 0 fully saturated rings. The van der Waals surface area contributed by atoms with Gasteiger partial charge in [0, 0.05) is 12.0 Å². The summed E-state index contributed by atoms with van der Waals surface area (Å²) < 4.78 is 33.7. The first-order chi connectivity index (χ1) is 13.1. The van der Waals surface area contributed by atoms with Crippen LogP contribution in [0.3, 0.4) is 0 Å². The molecule has 2 N–H and O–H groups in total. The van der Waals surface area contributed by atoms with Crippen molar-refractivity contribution in [2.45, 2.75) is 23.9 Å². The number of nitrogens with one attached hydrogen (secondary N) is 2. The Balaban J connectivity index is 1.55. The van der Waals surface area contributed by atoms with Crippen molar-refractivity contribution in [1.29, 1.82) is 0 Å². The van der Waals surface area contributed by atoms with Gasteiger partial charge in [0.05, 0.1) is 24.2 Å². The summed E-state index contributed by atoms with van der Waals surface area (Å²) in [6.07, 6.45) is 2.62. The molecule has 1 aliphatic heterocycles. The summed E-state index contributed by atoms with van der Waals surface area (Å²) in [7, 11) is -3.55. The van der Waals surface area contributed by atoms with Crippen LogP contribution in [0.15, 0.2) is 82.3 Å². The van der Waals surface area contributed by atoms with E-state index in [2.05, 4.69) is 29.0 Å². The molecule has 0 radical (unpaired) electrons. The van der Waals surface area contributed by atoms with Crippen LogP contribution in [0.25, 0.3) is 0 Å². The maximum absolute atomic E-state index is 12.6. The number of hydrogen-bond acceptors (Lipinski definition) is 3. The van der Waals surface area contributed by atoms with Crippen LogP contribution < -0.4 is 9.62 Å². The highest BCUT2D eigenvalue weighted by atomic mass is 32.2. The van der Waals surface area contributed by atoms with Crippen LogP contribution in [0.4, 0.5) is 0 Å². The first-order valence-electron chi connectivity index (χ1n) is 9.13. The third-order valence-corrected chi connectivity index (χ3v) is 6.60. The highest BCUT2D eigenvalue weighted by Gasteiger charge is 2.31. The zero-order chi connectivity index (χ0) is 18.7. The van der Waals surface area contributed by atoms with E-state index < -0.39 is 10.0 Å². The first kappa shape index (κ1) is 18.0. The van der Waals surface area contributed by atoms with Gasteiger partial charge in [0.1, 0.15) is 6.54 Å². The highest BCUT2D eigenvalue weighted by Crippen LogP contribution is 2.16. The minimum Gasteiger partial charge on any atom is -0.463 e. The van der Waals surface area contributed by atoms with Crippen LogP contribution in [0.1, 0.15) is 22.9 Å². The largest absolute Gasteiger partial charge is 0.463 e. The minimum atomic E-state index is -3.55. The minimum absolute atomic E-state index is 0.0770. The van der Waals surface area contributed by atoms with Crippen molar-refractivity contribution < 1.29 is 17.7 Å². The molecule has 1 aromatic heterocycles. The Morgan fingerprint density at radius 1 is 0.963 bits per heavy atom. The standard InChI is InChI=1S/C21H22N2O3S/c24-27(25,19-9-2-1-3-10-19)22-15-20(21-11-6-14-26-21)23-13-12-17-7-4-5-8-18(17)16-23/h1-11,14,20,22H,12-13,15-16H2/p+1/t20-/m0/s1. The van der Waals surface area contributed by atoms with Crippen molar-refractivity contribution in [3.63, 3.8) is 0 Å². The summed E-state index contributed by atoms with van der Waals surface area (Å²) >= 11 is 0. The summed E-state index contributed by atoms with van der Waals surface area (Å²) in [6.45, 7) is 2.09. The van der Waals surface area contributed by atoms with E-state index in [1.807, 2.05) is 12.1 Å². The third kappa shape index (κ3) is 3.98. The molecule has 2 heterocycles. The maximum atomic E-state index is 12.6. The predicted molar refractivity (Wildman–Crippen MR) is 103 cm³/mol. The van der Waals surface area contributed by atoms with Crippen LogP contribution in [0, 0.1) is 0 Å². The molecule has 0 spiro atoms. The molecule has 2 aromatic carbocycles. The molecule has 3 aromatic rings. The van der Waals surface area contributed by atoms with E-state index in [9.17, 15) is 8.42 Å². The van der Waals surface area contributed by atoms with Gasteiger partial charge in [0.15, 0.2) is 11.8 Å². The number of quaternary nitrogens is 1. The molecular weight excluding hydrogens is 360 g/mol. The normalized spacial score (nSPS) is 18.0. The number of furan rings is 1. The fourth-order valence-electron chi connectivity index (χ4n) is 3.71. The lowest BCUT2D eigenvalue weighted by atomic mass is 9.98. The number of sulfonamides is 1. The quantitative estimate of drug-likeness (QED) is 0.684. The van der Waals surface area contributed by atoms with Gasteiger partial charge in [0.2, 0.25) is 10.0 Å². The van der Waals surface area contributed by atoms with E-state index in [4.69, 9.17) is 4.42 Å². The second-order valence-electron chi connectivity index (χ2n) is 6.84. The Labute approximate surface area is 159 Å². The van der Waals surface area contributed by atoms with Crippen molar-refractivity contribution >= 4 is 10.0 Å². The monoisotopic (exact) mass is 383 g/mol. The molecule has 1 aliphatic rings. The molecule has 0 amide bonds. The Hall–Kier alpha value is -2.41. The van der Waals surface area contributed by atoms with Gasteiger partial charge in [-0.2, -0.15) is 0 Å². The van der Waals surface area contributed by atoms with Crippen LogP contribution >= 0.6 is 0 Å². The number of hydrogen-bond donors (Lipinski definition) is 2. The molecule has 0 saturated carbocycles. The van der Waals surface area contributed by atoms with Gasteiger partial charge in [-0.15, -0.1) is 0 Å². The molecule has 140 valence electrons. The summed E-state index contributed by atoms with van der Waals surface area (Å²) in [5, 5.41) is 0. The van der Waals surface area contributed by atoms with E-state index in [0.29, 0.717) is 6.54 Å². The number of fused-ring (bicyclic) bond motifs is 1. The Kier molecular flexibility index (Phi) is 5.11. The van der Waals surface area contributed by atoms with Crippen LogP contribution in [-0.4, -0.2) is 21.5 Å². The molecule has 4 rings (SSSR count). The zero-order valence-corrected chi connectivity index (χ0v) is 15.8. The molecule has 0 saturated heterocycles. The highest BCUT2D eigenvalue weighted by molar-refractivity contribution is 7.89. The van der Waals surface area contributed by atoms with Crippen LogP contribution in [0.2, 0.25) is 0 Å². The van der Waals surface area contributed by atoms with E-state index in [-0.39, 0.29) is 10.9 Å². The van der Waals surface area contributed by atoms with Gasteiger partial charge < -0.3 is 9.32 Å². The van der Waals surface area contributed by atoms with Crippen molar-refractivity contribution in [2.24, 2.45) is 0 Å². The van der Waals surface area contributed by atoms with E-state index in [1.54, 1.807) is 36.6 Å². The van der Waals surface area contributed by atoms with Gasteiger partial charge in [-0.05, 0) is 29.8 Å². The SMILES string of the molecule is O=S(=O)(NC[C@@H](c1ccco1)[NH+]1CCc2ccccc2C1)c1ccccc1. The molecule has 6 heteroatoms. The average molecular weight is 383 g/mol. The molecule has 27 heavy (non-hydrogen) atoms. The Bertz CT molecular complexity index is 985. The second-order valence-corrected chi connectivity index (χ2v) is 8.60. The lowest BCUT2D eigenvalue weighted by Gasteiger charge is -2.31. The summed E-state index contributed by atoms with van der Waals surface area (Å²) in [5.74, 6) is 0.806. The summed E-state index contributed by atoms with van der Waals surface area (Å²) in [4.78, 5) is 1.58. The zero-order valence-electron chi connectivity index (χ0n) is 15.0. The van der Waals surface area contributed by atoms with Crippen molar-refractivity contribution in [3.05, 3.63) is 89.9 Å². The number of benzene rings is 2. The Morgan fingerprint density at radius 2 is 1.70 bits per heavy atom.